The first-order valence-electron chi connectivity index (χ1n) is 8.08. The summed E-state index contributed by atoms with van der Waals surface area (Å²) in [6.07, 6.45) is -4.47. The summed E-state index contributed by atoms with van der Waals surface area (Å²) in [5.74, 6) is -0.0644. The number of fused-ring (bicyclic) bond motifs is 1. The van der Waals surface area contributed by atoms with Gasteiger partial charge in [-0.25, -0.2) is 4.98 Å². The van der Waals surface area contributed by atoms with Gasteiger partial charge in [-0.05, 0) is 41.5 Å². The Labute approximate surface area is 152 Å². The van der Waals surface area contributed by atoms with Crippen molar-refractivity contribution >= 4 is 17.0 Å². The second kappa shape index (κ2) is 6.05. The molecule has 4 aromatic rings. The zero-order chi connectivity index (χ0) is 19.2. The Morgan fingerprint density at radius 3 is 2.33 bits per heavy atom. The predicted molar refractivity (Wildman–Crippen MR) is 97.6 cm³/mol. The minimum atomic E-state index is -4.47. The molecule has 7 heteroatoms. The smallest absolute Gasteiger partial charge is 0.416 e. The number of benzene rings is 3. The van der Waals surface area contributed by atoms with Gasteiger partial charge in [-0.3, -0.25) is 4.57 Å². The zero-order valence-electron chi connectivity index (χ0n) is 13.9. The van der Waals surface area contributed by atoms with E-state index in [0.717, 1.165) is 23.3 Å². The molecule has 0 radical (unpaired) electrons. The normalized spacial score (nSPS) is 11.8. The van der Waals surface area contributed by atoms with E-state index in [1.165, 1.54) is 16.7 Å². The van der Waals surface area contributed by atoms with Gasteiger partial charge in [0, 0.05) is 0 Å². The molecule has 0 aliphatic rings. The molecule has 0 amide bonds. The first kappa shape index (κ1) is 17.0. The number of aromatic nitrogens is 2. The van der Waals surface area contributed by atoms with E-state index in [4.69, 9.17) is 5.73 Å². The third-order valence-corrected chi connectivity index (χ3v) is 4.33. The van der Waals surface area contributed by atoms with Crippen molar-refractivity contribution in [3.8, 4) is 22.6 Å². The highest BCUT2D eigenvalue weighted by atomic mass is 19.4. The van der Waals surface area contributed by atoms with Crippen molar-refractivity contribution in [2.75, 3.05) is 5.73 Å². The molecule has 27 heavy (non-hydrogen) atoms. The number of nitrogens with zero attached hydrogens (tertiary/aromatic N) is 2. The number of halogens is 3. The highest BCUT2D eigenvalue weighted by Crippen LogP contribution is 2.35. The molecule has 3 aromatic carbocycles. The van der Waals surface area contributed by atoms with Crippen LogP contribution in [-0.2, 0) is 6.18 Å². The molecule has 4 nitrogen and oxygen atoms in total. The first-order valence-corrected chi connectivity index (χ1v) is 8.08. The number of hydrogen-bond donors (Lipinski definition) is 2. The van der Waals surface area contributed by atoms with Crippen molar-refractivity contribution in [2.45, 2.75) is 6.18 Å². The van der Waals surface area contributed by atoms with Crippen LogP contribution < -0.4 is 5.73 Å². The Kier molecular flexibility index (Phi) is 3.80. The fourth-order valence-electron chi connectivity index (χ4n) is 3.04. The number of aromatic hydroxyl groups is 1. The lowest BCUT2D eigenvalue weighted by molar-refractivity contribution is -0.137. The maximum Gasteiger partial charge on any atom is 0.416 e. The molecule has 1 heterocycles. The molecular weight excluding hydrogens is 355 g/mol. The van der Waals surface area contributed by atoms with Gasteiger partial charge in [0.25, 0.3) is 0 Å². The summed E-state index contributed by atoms with van der Waals surface area (Å²) < 4.78 is 40.3. The molecule has 0 fully saturated rings. The van der Waals surface area contributed by atoms with E-state index in [1.54, 1.807) is 12.1 Å². The molecule has 4 rings (SSSR count). The third kappa shape index (κ3) is 2.97. The molecule has 0 aliphatic heterocycles. The molecule has 0 spiro atoms. The highest BCUT2D eigenvalue weighted by Gasteiger charge is 2.31. The summed E-state index contributed by atoms with van der Waals surface area (Å²) in [5, 5.41) is 10.3. The van der Waals surface area contributed by atoms with Gasteiger partial charge in [-0.2, -0.15) is 13.2 Å². The van der Waals surface area contributed by atoms with Gasteiger partial charge in [0.1, 0.15) is 5.75 Å². The van der Waals surface area contributed by atoms with Crippen molar-refractivity contribution in [1.82, 2.24) is 9.55 Å². The summed E-state index contributed by atoms with van der Waals surface area (Å²) in [4.78, 5) is 4.04. The lowest BCUT2D eigenvalue weighted by Gasteiger charge is -2.12. The lowest BCUT2D eigenvalue weighted by Crippen LogP contribution is -2.04. The maximum absolute atomic E-state index is 12.9. The lowest BCUT2D eigenvalue weighted by atomic mass is 10.0. The number of alkyl halides is 3. The van der Waals surface area contributed by atoms with E-state index in [1.807, 2.05) is 30.3 Å². The van der Waals surface area contributed by atoms with Crippen LogP contribution in [0.2, 0.25) is 0 Å². The van der Waals surface area contributed by atoms with Gasteiger partial charge in [0.15, 0.2) is 0 Å². The van der Waals surface area contributed by atoms with Crippen LogP contribution in [0.4, 0.5) is 19.1 Å². The zero-order valence-corrected chi connectivity index (χ0v) is 13.9. The second-order valence-electron chi connectivity index (χ2n) is 6.08. The molecule has 3 N–H and O–H groups in total. The number of phenolic OH excluding ortho intramolecular Hbond substituents is 1. The molecule has 0 bridgehead atoms. The molecule has 0 aliphatic carbocycles. The molecule has 0 saturated heterocycles. The van der Waals surface area contributed by atoms with E-state index in [2.05, 4.69) is 4.98 Å². The fraction of sp³-hybridized carbons (Fsp3) is 0.0500. The predicted octanol–water partition coefficient (Wildman–Crippen LogP) is 5.00. The number of imidazole rings is 1. The molecule has 0 saturated carbocycles. The van der Waals surface area contributed by atoms with E-state index in [-0.39, 0.29) is 17.2 Å². The summed E-state index contributed by atoms with van der Waals surface area (Å²) >= 11 is 0. The van der Waals surface area contributed by atoms with Crippen molar-refractivity contribution in [3.63, 3.8) is 0 Å². The summed E-state index contributed by atoms with van der Waals surface area (Å²) in [6, 6.07) is 17.7. The molecule has 0 unspecified atom stereocenters. The van der Waals surface area contributed by atoms with Crippen LogP contribution >= 0.6 is 0 Å². The Hall–Kier alpha value is -3.48. The minimum Gasteiger partial charge on any atom is -0.506 e. The first-order chi connectivity index (χ1) is 12.8. The third-order valence-electron chi connectivity index (χ3n) is 4.33. The van der Waals surface area contributed by atoms with Gasteiger partial charge < -0.3 is 10.8 Å². The monoisotopic (exact) mass is 369 g/mol. The largest absolute Gasteiger partial charge is 0.506 e. The van der Waals surface area contributed by atoms with Crippen LogP contribution in [0.3, 0.4) is 0 Å². The highest BCUT2D eigenvalue weighted by molar-refractivity contribution is 5.83. The van der Waals surface area contributed by atoms with E-state index in [9.17, 15) is 18.3 Å². The van der Waals surface area contributed by atoms with Crippen LogP contribution in [0.15, 0.2) is 66.7 Å². The summed E-state index contributed by atoms with van der Waals surface area (Å²) in [6.45, 7) is 0. The number of hydrogen-bond acceptors (Lipinski definition) is 3. The number of nitrogens with two attached hydrogens (primary N) is 1. The van der Waals surface area contributed by atoms with Crippen LogP contribution in [0.5, 0.6) is 5.75 Å². The van der Waals surface area contributed by atoms with Gasteiger partial charge >= 0.3 is 6.18 Å². The van der Waals surface area contributed by atoms with Gasteiger partial charge in [0.05, 0.1) is 22.3 Å². The van der Waals surface area contributed by atoms with E-state index in [0.29, 0.717) is 11.2 Å². The topological polar surface area (TPSA) is 64.1 Å². The average Bonchev–Trinajstić information content (AvgIpc) is 2.97. The SMILES string of the molecule is Nc1nc2cc(C(F)(F)F)ccc2n1-c1cc(-c2ccccc2)ccc1O. The number of rotatable bonds is 2. The second-order valence-corrected chi connectivity index (χ2v) is 6.08. The summed E-state index contributed by atoms with van der Waals surface area (Å²) in [5.41, 5.74) is 7.74. The number of phenols is 1. The van der Waals surface area contributed by atoms with Gasteiger partial charge in [0.2, 0.25) is 5.95 Å². The number of nitrogen functional groups attached to an aromatic ring is 1. The maximum atomic E-state index is 12.9. The van der Waals surface area contributed by atoms with Crippen molar-refractivity contribution in [1.29, 1.82) is 0 Å². The Morgan fingerprint density at radius 1 is 0.889 bits per heavy atom. The standard InChI is InChI=1S/C20H14F3N3O/c21-20(22,23)14-7-8-16-15(11-14)25-19(24)26(16)17-10-13(6-9-18(17)27)12-4-2-1-3-5-12/h1-11,27H,(H2,24,25). The van der Waals surface area contributed by atoms with Gasteiger partial charge in [-0.15, -0.1) is 0 Å². The Balaban J connectivity index is 1.91. The van der Waals surface area contributed by atoms with Crippen LogP contribution in [0.1, 0.15) is 5.56 Å². The van der Waals surface area contributed by atoms with Crippen molar-refractivity contribution in [2.24, 2.45) is 0 Å². The fourth-order valence-corrected chi connectivity index (χ4v) is 3.04. The Bertz CT molecular complexity index is 1130. The van der Waals surface area contributed by atoms with E-state index >= 15 is 0 Å². The molecular formula is C20H14F3N3O. The Morgan fingerprint density at radius 2 is 1.63 bits per heavy atom. The van der Waals surface area contributed by atoms with Crippen molar-refractivity contribution < 1.29 is 18.3 Å². The van der Waals surface area contributed by atoms with E-state index < -0.39 is 11.7 Å². The van der Waals surface area contributed by atoms with Gasteiger partial charge in [-0.1, -0.05) is 36.4 Å². The average molecular weight is 369 g/mol. The minimum absolute atomic E-state index is 0.00941. The van der Waals surface area contributed by atoms with Crippen LogP contribution in [0.25, 0.3) is 27.8 Å². The number of anilines is 1. The van der Waals surface area contributed by atoms with Crippen LogP contribution in [0, 0.1) is 0 Å². The quantitative estimate of drug-likeness (QED) is 0.523. The van der Waals surface area contributed by atoms with Crippen LogP contribution in [-0.4, -0.2) is 14.7 Å². The van der Waals surface area contributed by atoms with Crippen molar-refractivity contribution in [3.05, 3.63) is 72.3 Å². The summed E-state index contributed by atoms with van der Waals surface area (Å²) in [7, 11) is 0. The molecule has 136 valence electrons. The molecule has 1 aromatic heterocycles. The molecule has 0 atom stereocenters.